The summed E-state index contributed by atoms with van der Waals surface area (Å²) in [6.45, 7) is 5.85. The van der Waals surface area contributed by atoms with Gasteiger partial charge in [-0.25, -0.2) is 4.99 Å². The maximum atomic E-state index is 5.88. The summed E-state index contributed by atoms with van der Waals surface area (Å²) in [5, 5.41) is 10.3. The predicted molar refractivity (Wildman–Crippen MR) is 108 cm³/mol. The van der Waals surface area contributed by atoms with Gasteiger partial charge < -0.3 is 24.6 Å². The zero-order chi connectivity index (χ0) is 17.2. The quantitative estimate of drug-likeness (QED) is 0.358. The van der Waals surface area contributed by atoms with Crippen LogP contribution in [0.5, 0.6) is 11.5 Å². The van der Waals surface area contributed by atoms with Crippen LogP contribution in [0.15, 0.2) is 46.1 Å². The molecule has 0 bridgehead atoms. The fourth-order valence-corrected chi connectivity index (χ4v) is 2.01. The summed E-state index contributed by atoms with van der Waals surface area (Å²) < 4.78 is 15.9. The lowest BCUT2D eigenvalue weighted by atomic mass is 10.3. The number of halogens is 1. The van der Waals surface area contributed by atoms with Crippen LogP contribution >= 0.6 is 24.0 Å². The third-order valence-electron chi connectivity index (χ3n) is 3.17. The number of benzene rings is 1. The first-order chi connectivity index (χ1) is 11.7. The van der Waals surface area contributed by atoms with Crippen LogP contribution in [0.2, 0.25) is 0 Å². The van der Waals surface area contributed by atoms with E-state index in [2.05, 4.69) is 20.8 Å². The van der Waals surface area contributed by atoms with Crippen LogP contribution in [0, 0.1) is 0 Å². The summed E-state index contributed by atoms with van der Waals surface area (Å²) in [4.78, 5) is 4.46. The Kier molecular flexibility index (Phi) is 9.75. The smallest absolute Gasteiger partial charge is 0.191 e. The molecule has 2 N–H and O–H groups in total. The van der Waals surface area contributed by atoms with Gasteiger partial charge in [-0.15, -0.1) is 24.0 Å². The van der Waals surface area contributed by atoms with E-state index >= 15 is 0 Å². The second-order valence-corrected chi connectivity index (χ2v) is 5.17. The molecular formula is C17H25IN4O3. The standard InChI is InChI=1S/C17H24N4O3.HI/c1-4-18-17(20-12-14-8-9-23-21-14)19-11-13(2)24-16-7-5-6-15(10-16)22-3;/h5-10,13H,4,11-12H2,1-3H3,(H2,18,19,20);1H. The average molecular weight is 460 g/mol. The van der Waals surface area contributed by atoms with Gasteiger partial charge in [0.15, 0.2) is 5.96 Å². The maximum Gasteiger partial charge on any atom is 0.191 e. The molecule has 138 valence electrons. The molecule has 7 nitrogen and oxygen atoms in total. The molecule has 0 saturated heterocycles. The van der Waals surface area contributed by atoms with Gasteiger partial charge in [0.25, 0.3) is 0 Å². The molecule has 1 atom stereocenters. The van der Waals surface area contributed by atoms with E-state index in [1.165, 1.54) is 6.26 Å². The monoisotopic (exact) mass is 460 g/mol. The molecule has 0 amide bonds. The van der Waals surface area contributed by atoms with E-state index in [-0.39, 0.29) is 30.1 Å². The van der Waals surface area contributed by atoms with Crippen molar-refractivity contribution >= 4 is 29.9 Å². The maximum absolute atomic E-state index is 5.88. The molecule has 2 aromatic rings. The number of aliphatic imine (C=N–C) groups is 1. The summed E-state index contributed by atoms with van der Waals surface area (Å²) >= 11 is 0. The number of guanidine groups is 1. The van der Waals surface area contributed by atoms with Crippen LogP contribution in [0.3, 0.4) is 0 Å². The minimum Gasteiger partial charge on any atom is -0.497 e. The number of nitrogens with one attached hydrogen (secondary N) is 2. The number of rotatable bonds is 8. The molecule has 0 fully saturated rings. The third-order valence-corrected chi connectivity index (χ3v) is 3.17. The molecule has 1 unspecified atom stereocenters. The largest absolute Gasteiger partial charge is 0.497 e. The first-order valence-electron chi connectivity index (χ1n) is 7.93. The Labute approximate surface area is 165 Å². The molecule has 8 heteroatoms. The number of ether oxygens (including phenoxy) is 2. The Bertz CT molecular complexity index is 635. The molecule has 0 aliphatic carbocycles. The van der Waals surface area contributed by atoms with Crippen molar-refractivity contribution in [2.24, 2.45) is 4.99 Å². The van der Waals surface area contributed by atoms with Crippen LogP contribution in [-0.4, -0.2) is 37.4 Å². The van der Waals surface area contributed by atoms with E-state index in [1.54, 1.807) is 13.2 Å². The van der Waals surface area contributed by atoms with Crippen molar-refractivity contribution in [3.05, 3.63) is 42.3 Å². The first kappa shape index (κ1) is 21.1. The summed E-state index contributed by atoms with van der Waals surface area (Å²) in [7, 11) is 1.64. The highest BCUT2D eigenvalue weighted by Gasteiger charge is 2.07. The third kappa shape index (κ3) is 7.63. The van der Waals surface area contributed by atoms with Crippen molar-refractivity contribution in [3.63, 3.8) is 0 Å². The van der Waals surface area contributed by atoms with Gasteiger partial charge in [0, 0.05) is 18.7 Å². The lowest BCUT2D eigenvalue weighted by molar-refractivity contribution is 0.223. The Morgan fingerprint density at radius 2 is 2.08 bits per heavy atom. The first-order valence-corrected chi connectivity index (χ1v) is 7.93. The Balaban J connectivity index is 0.00000312. The van der Waals surface area contributed by atoms with E-state index < -0.39 is 0 Å². The molecule has 0 saturated carbocycles. The molecule has 25 heavy (non-hydrogen) atoms. The van der Waals surface area contributed by atoms with Crippen molar-refractivity contribution in [1.29, 1.82) is 0 Å². The van der Waals surface area contributed by atoms with Crippen molar-refractivity contribution in [2.75, 3.05) is 20.2 Å². The predicted octanol–water partition coefficient (Wildman–Crippen LogP) is 2.82. The second kappa shape index (κ2) is 11.6. The summed E-state index contributed by atoms with van der Waals surface area (Å²) in [5.41, 5.74) is 0.785. The topological polar surface area (TPSA) is 80.9 Å². The summed E-state index contributed by atoms with van der Waals surface area (Å²) in [6, 6.07) is 9.35. The SMILES string of the molecule is CCNC(=NCc1ccon1)NCC(C)Oc1cccc(OC)c1.I. The Morgan fingerprint density at radius 3 is 2.76 bits per heavy atom. The molecule has 0 radical (unpaired) electrons. The lowest BCUT2D eigenvalue weighted by Crippen LogP contribution is -2.41. The van der Waals surface area contributed by atoms with Crippen molar-refractivity contribution in [2.45, 2.75) is 26.5 Å². The molecular weight excluding hydrogens is 435 g/mol. The van der Waals surface area contributed by atoms with Crippen molar-refractivity contribution < 1.29 is 14.0 Å². The lowest BCUT2D eigenvalue weighted by Gasteiger charge is -2.18. The van der Waals surface area contributed by atoms with Gasteiger partial charge >= 0.3 is 0 Å². The summed E-state index contributed by atoms with van der Waals surface area (Å²) in [6.07, 6.45) is 1.50. The number of hydrogen-bond donors (Lipinski definition) is 2. The zero-order valence-corrected chi connectivity index (χ0v) is 17.0. The van der Waals surface area contributed by atoms with Gasteiger partial charge in [-0.3, -0.25) is 0 Å². The van der Waals surface area contributed by atoms with Gasteiger partial charge in [0.05, 0.1) is 20.2 Å². The highest BCUT2D eigenvalue weighted by molar-refractivity contribution is 14.0. The van der Waals surface area contributed by atoms with Crippen LogP contribution in [0.25, 0.3) is 0 Å². The minimum absolute atomic E-state index is 0. The van der Waals surface area contributed by atoms with E-state index in [9.17, 15) is 0 Å². The molecule has 0 aliphatic heterocycles. The molecule has 2 rings (SSSR count). The molecule has 1 aromatic carbocycles. The van der Waals surface area contributed by atoms with Crippen molar-refractivity contribution in [3.8, 4) is 11.5 Å². The van der Waals surface area contributed by atoms with E-state index in [0.29, 0.717) is 19.0 Å². The van der Waals surface area contributed by atoms with Gasteiger partial charge in [-0.05, 0) is 26.0 Å². The number of methoxy groups -OCH3 is 1. The van der Waals surface area contributed by atoms with Gasteiger partial charge in [0.2, 0.25) is 0 Å². The molecule has 1 aromatic heterocycles. The fourth-order valence-electron chi connectivity index (χ4n) is 2.01. The van der Waals surface area contributed by atoms with Crippen LogP contribution in [0.4, 0.5) is 0 Å². The van der Waals surface area contributed by atoms with Crippen LogP contribution < -0.4 is 20.1 Å². The van der Waals surface area contributed by atoms with Gasteiger partial charge in [-0.1, -0.05) is 11.2 Å². The van der Waals surface area contributed by atoms with Crippen LogP contribution in [0.1, 0.15) is 19.5 Å². The van der Waals surface area contributed by atoms with Crippen molar-refractivity contribution in [1.82, 2.24) is 15.8 Å². The number of nitrogens with zero attached hydrogens (tertiary/aromatic N) is 2. The highest BCUT2D eigenvalue weighted by atomic mass is 127. The van der Waals surface area contributed by atoms with E-state index in [4.69, 9.17) is 14.0 Å². The Hall–Kier alpha value is -1.97. The van der Waals surface area contributed by atoms with Gasteiger partial charge in [-0.2, -0.15) is 0 Å². The normalized spacial score (nSPS) is 12.0. The Morgan fingerprint density at radius 1 is 1.28 bits per heavy atom. The van der Waals surface area contributed by atoms with Gasteiger partial charge in [0.1, 0.15) is 29.6 Å². The average Bonchev–Trinajstić information content (AvgIpc) is 3.11. The number of hydrogen-bond acceptors (Lipinski definition) is 5. The van der Waals surface area contributed by atoms with E-state index in [0.717, 1.165) is 23.7 Å². The van der Waals surface area contributed by atoms with Crippen LogP contribution in [-0.2, 0) is 6.54 Å². The summed E-state index contributed by atoms with van der Waals surface area (Å²) in [5.74, 6) is 2.25. The molecule has 0 spiro atoms. The fraction of sp³-hybridized carbons (Fsp3) is 0.412. The minimum atomic E-state index is -0.0342. The molecule has 1 heterocycles. The van der Waals surface area contributed by atoms with E-state index in [1.807, 2.05) is 38.1 Å². The molecule has 0 aliphatic rings. The number of aromatic nitrogens is 1. The highest BCUT2D eigenvalue weighted by Crippen LogP contribution is 2.19. The zero-order valence-electron chi connectivity index (χ0n) is 14.7. The second-order valence-electron chi connectivity index (χ2n) is 5.17.